The molecule has 0 unspecified atom stereocenters. The summed E-state index contributed by atoms with van der Waals surface area (Å²) in [5.74, 6) is -1.35. The molecule has 0 saturated carbocycles. The van der Waals surface area contributed by atoms with Crippen LogP contribution in [-0.4, -0.2) is 55.2 Å². The second-order valence-corrected chi connectivity index (χ2v) is 3.66. The third-order valence-corrected chi connectivity index (χ3v) is 2.39. The topological polar surface area (TPSA) is 32.3 Å². The summed E-state index contributed by atoms with van der Waals surface area (Å²) in [5, 5.41) is 0. The lowest BCUT2D eigenvalue weighted by Gasteiger charge is -2.18. The zero-order valence-electron chi connectivity index (χ0n) is 8.67. The summed E-state index contributed by atoms with van der Waals surface area (Å²) in [6, 6.07) is 0. The van der Waals surface area contributed by atoms with Crippen molar-refractivity contribution in [3.8, 4) is 0 Å². The van der Waals surface area contributed by atoms with Crippen LogP contribution >= 0.6 is 0 Å². The first kappa shape index (κ1) is 11.1. The maximum Gasteiger partial charge on any atom is 0.426 e. The zero-order valence-corrected chi connectivity index (χ0v) is 8.67. The number of halogens is 3. The molecule has 2 aliphatic rings. The van der Waals surface area contributed by atoms with E-state index in [1.54, 1.807) is 0 Å². The Labute approximate surface area is 90.2 Å². The fraction of sp³-hybridized carbons (Fsp3) is 0.667. The van der Waals surface area contributed by atoms with Crippen molar-refractivity contribution in [2.45, 2.75) is 6.18 Å². The van der Waals surface area contributed by atoms with Gasteiger partial charge in [0.2, 0.25) is 0 Å². The third kappa shape index (κ3) is 2.07. The normalized spacial score (nSPS) is 18.2. The van der Waals surface area contributed by atoms with Gasteiger partial charge in [0, 0.05) is 26.2 Å². The van der Waals surface area contributed by atoms with Crippen molar-refractivity contribution in [1.29, 1.82) is 0 Å². The molecule has 7 heteroatoms. The van der Waals surface area contributed by atoms with E-state index >= 15 is 0 Å². The Hall–Kier alpha value is -1.40. The lowest BCUT2D eigenvalue weighted by molar-refractivity contribution is -0.149. The van der Waals surface area contributed by atoms with Crippen molar-refractivity contribution >= 4 is 5.97 Å². The zero-order chi connectivity index (χ0) is 11.9. The van der Waals surface area contributed by atoms with Gasteiger partial charge in [-0.15, -0.1) is 0 Å². The average molecular weight is 236 g/mol. The van der Waals surface area contributed by atoms with E-state index in [9.17, 15) is 18.0 Å². The molecule has 0 radical (unpaired) electrons. The molecule has 2 aliphatic heterocycles. The van der Waals surface area contributed by atoms with Gasteiger partial charge in [0.1, 0.15) is 5.82 Å². The van der Waals surface area contributed by atoms with Gasteiger partial charge in [-0.1, -0.05) is 0 Å². The van der Waals surface area contributed by atoms with Gasteiger partial charge < -0.3 is 14.5 Å². The van der Waals surface area contributed by atoms with E-state index in [0.29, 0.717) is 26.2 Å². The van der Waals surface area contributed by atoms with Crippen molar-refractivity contribution in [3.63, 3.8) is 0 Å². The number of hydrogen-bond donors (Lipinski definition) is 0. The lowest BCUT2D eigenvalue weighted by atomic mass is 10.2. The van der Waals surface area contributed by atoms with Gasteiger partial charge in [0.05, 0.1) is 7.11 Å². The second kappa shape index (κ2) is 3.57. The Morgan fingerprint density at radius 1 is 1.12 bits per heavy atom. The molecule has 2 fully saturated rings. The molecule has 2 saturated heterocycles. The van der Waals surface area contributed by atoms with Crippen LogP contribution in [0.15, 0.2) is 11.4 Å². The maximum atomic E-state index is 12.8. The van der Waals surface area contributed by atoms with Crippen LogP contribution in [0.2, 0.25) is 0 Å². The summed E-state index contributed by atoms with van der Waals surface area (Å²) in [6.45, 7) is 2.23. The van der Waals surface area contributed by atoms with Crippen molar-refractivity contribution < 1.29 is 22.7 Å². The number of esters is 1. The van der Waals surface area contributed by atoms with Crippen LogP contribution in [-0.2, 0) is 9.53 Å². The number of carbonyl (C=O) groups is 1. The predicted octanol–water partition coefficient (Wildman–Crippen LogP) is 0.564. The minimum Gasteiger partial charge on any atom is -0.465 e. The van der Waals surface area contributed by atoms with E-state index in [4.69, 9.17) is 0 Å². The molecular weight excluding hydrogens is 225 g/mol. The molecule has 0 amide bonds. The summed E-state index contributed by atoms with van der Waals surface area (Å²) < 4.78 is 42.5. The van der Waals surface area contributed by atoms with Crippen LogP contribution in [0.3, 0.4) is 0 Å². The largest absolute Gasteiger partial charge is 0.465 e. The number of ether oxygens (including phenoxy) is 1. The molecule has 2 heterocycles. The van der Waals surface area contributed by atoms with E-state index in [0.717, 1.165) is 7.11 Å². The van der Waals surface area contributed by atoms with Gasteiger partial charge in [-0.2, -0.15) is 13.2 Å². The highest BCUT2D eigenvalue weighted by Crippen LogP contribution is 2.36. The monoisotopic (exact) mass is 236 g/mol. The number of alkyl halides is 3. The molecule has 0 spiro atoms. The standard InChI is InChI=1S/C9H11F3N2O2/c1-16-8(15)6(9(10,11)12)7(13-2-3-13)14-4-5-14/h2-5H2,1H3. The van der Waals surface area contributed by atoms with Crippen molar-refractivity contribution in [2.24, 2.45) is 0 Å². The van der Waals surface area contributed by atoms with Gasteiger partial charge in [-0.25, -0.2) is 4.79 Å². The minimum atomic E-state index is -4.67. The fourth-order valence-electron chi connectivity index (χ4n) is 1.48. The number of methoxy groups -OCH3 is 1. The molecule has 90 valence electrons. The number of rotatable bonds is 3. The van der Waals surface area contributed by atoms with Crippen molar-refractivity contribution in [1.82, 2.24) is 9.80 Å². The van der Waals surface area contributed by atoms with Crippen LogP contribution in [0.4, 0.5) is 13.2 Å². The smallest absolute Gasteiger partial charge is 0.426 e. The van der Waals surface area contributed by atoms with Crippen LogP contribution in [0, 0.1) is 0 Å². The van der Waals surface area contributed by atoms with E-state index in [1.807, 2.05) is 0 Å². The van der Waals surface area contributed by atoms with Crippen LogP contribution in [0.1, 0.15) is 0 Å². The highest BCUT2D eigenvalue weighted by Gasteiger charge is 2.48. The van der Waals surface area contributed by atoms with E-state index < -0.39 is 17.7 Å². The summed E-state index contributed by atoms with van der Waals surface area (Å²) in [5.41, 5.74) is -1.19. The summed E-state index contributed by atoms with van der Waals surface area (Å²) in [6.07, 6.45) is -4.67. The average Bonchev–Trinajstić information content (AvgIpc) is 2.99. The Morgan fingerprint density at radius 2 is 1.56 bits per heavy atom. The minimum absolute atomic E-state index is 0.0284. The molecule has 2 rings (SSSR count). The number of carbonyl (C=O) groups excluding carboxylic acids is 1. The fourth-order valence-corrected chi connectivity index (χ4v) is 1.48. The maximum absolute atomic E-state index is 12.8. The highest BCUT2D eigenvalue weighted by molar-refractivity contribution is 5.90. The van der Waals surface area contributed by atoms with Crippen molar-refractivity contribution in [2.75, 3.05) is 33.3 Å². The van der Waals surface area contributed by atoms with E-state index in [2.05, 4.69) is 4.74 Å². The van der Waals surface area contributed by atoms with Gasteiger partial charge in [0.15, 0.2) is 5.57 Å². The Bertz CT molecular complexity index is 329. The second-order valence-electron chi connectivity index (χ2n) is 3.66. The van der Waals surface area contributed by atoms with Gasteiger partial charge >= 0.3 is 12.1 Å². The number of hydrogen-bond acceptors (Lipinski definition) is 4. The molecular formula is C9H11F3N2O2. The first-order chi connectivity index (χ1) is 7.45. The highest BCUT2D eigenvalue weighted by atomic mass is 19.4. The molecule has 16 heavy (non-hydrogen) atoms. The van der Waals surface area contributed by atoms with Crippen molar-refractivity contribution in [3.05, 3.63) is 11.4 Å². The molecule has 0 aliphatic carbocycles. The predicted molar refractivity (Wildman–Crippen MR) is 48.2 cm³/mol. The van der Waals surface area contributed by atoms with Gasteiger partial charge in [-0.05, 0) is 0 Å². The SMILES string of the molecule is COC(=O)C(=C(N1CC1)N1CC1)C(F)(F)F. The number of nitrogens with zero attached hydrogens (tertiary/aromatic N) is 2. The molecule has 0 N–H and O–H groups in total. The molecule has 0 bridgehead atoms. The van der Waals surface area contributed by atoms with E-state index in [1.165, 1.54) is 9.80 Å². The van der Waals surface area contributed by atoms with Crippen LogP contribution in [0.25, 0.3) is 0 Å². The summed E-state index contributed by atoms with van der Waals surface area (Å²) >= 11 is 0. The van der Waals surface area contributed by atoms with E-state index in [-0.39, 0.29) is 5.82 Å². The Morgan fingerprint density at radius 3 is 1.81 bits per heavy atom. The lowest BCUT2D eigenvalue weighted by Crippen LogP contribution is -2.28. The Kier molecular flexibility index (Phi) is 2.47. The Balaban J connectivity index is 2.40. The quantitative estimate of drug-likeness (QED) is 0.407. The molecule has 0 aromatic rings. The van der Waals surface area contributed by atoms with Gasteiger partial charge in [-0.3, -0.25) is 0 Å². The third-order valence-electron chi connectivity index (χ3n) is 2.39. The van der Waals surface area contributed by atoms with Crippen LogP contribution in [0.5, 0.6) is 0 Å². The molecule has 4 nitrogen and oxygen atoms in total. The summed E-state index contributed by atoms with van der Waals surface area (Å²) in [4.78, 5) is 14.3. The molecule has 0 aromatic heterocycles. The first-order valence-electron chi connectivity index (χ1n) is 4.85. The summed E-state index contributed by atoms with van der Waals surface area (Å²) in [7, 11) is 0.955. The molecule has 0 atom stereocenters. The van der Waals surface area contributed by atoms with Gasteiger partial charge in [0.25, 0.3) is 0 Å². The van der Waals surface area contributed by atoms with Crippen LogP contribution < -0.4 is 0 Å². The molecule has 0 aromatic carbocycles. The first-order valence-corrected chi connectivity index (χ1v) is 4.85.